The molecule has 1 aromatic heterocycles. The Labute approximate surface area is 213 Å². The smallest absolute Gasteiger partial charge is 0.266 e. The van der Waals surface area contributed by atoms with E-state index in [1.807, 2.05) is 63.2 Å². The van der Waals surface area contributed by atoms with E-state index in [0.717, 1.165) is 37.1 Å². The predicted octanol–water partition coefficient (Wildman–Crippen LogP) is 5.77. The van der Waals surface area contributed by atoms with Gasteiger partial charge < -0.3 is 9.80 Å². The number of carbonyl (C=O) groups is 1. The molecule has 2 aromatic carbocycles. The van der Waals surface area contributed by atoms with E-state index in [2.05, 4.69) is 11.8 Å². The van der Waals surface area contributed by atoms with Gasteiger partial charge >= 0.3 is 0 Å². The highest BCUT2D eigenvalue weighted by Crippen LogP contribution is 2.28. The number of unbranched alkanes of at least 4 members (excludes halogenated alkanes) is 2. The van der Waals surface area contributed by atoms with E-state index in [4.69, 9.17) is 16.6 Å². The Bertz CT molecular complexity index is 1220. The third-order valence-corrected chi connectivity index (χ3v) is 6.60. The van der Waals surface area contributed by atoms with Crippen molar-refractivity contribution in [1.82, 2.24) is 19.4 Å². The van der Waals surface area contributed by atoms with Crippen LogP contribution in [0.4, 0.5) is 0 Å². The number of aromatic nitrogens is 2. The van der Waals surface area contributed by atoms with Crippen LogP contribution in [-0.2, 0) is 4.79 Å². The van der Waals surface area contributed by atoms with E-state index in [0.29, 0.717) is 41.1 Å². The van der Waals surface area contributed by atoms with Gasteiger partial charge in [0.2, 0.25) is 5.91 Å². The van der Waals surface area contributed by atoms with E-state index < -0.39 is 0 Å². The number of aryl methyl sites for hydroxylation is 1. The van der Waals surface area contributed by atoms with Gasteiger partial charge in [-0.15, -0.1) is 0 Å². The topological polar surface area (TPSA) is 58.4 Å². The fourth-order valence-corrected chi connectivity index (χ4v) is 4.68. The molecule has 1 unspecified atom stereocenters. The van der Waals surface area contributed by atoms with Crippen molar-refractivity contribution in [1.29, 1.82) is 0 Å². The fourth-order valence-electron chi connectivity index (χ4n) is 4.45. The number of nitrogens with zero attached hydrogens (tertiary/aromatic N) is 4. The number of para-hydroxylation sites is 1. The largest absolute Gasteiger partial charge is 0.331 e. The highest BCUT2D eigenvalue weighted by molar-refractivity contribution is 6.30. The van der Waals surface area contributed by atoms with Gasteiger partial charge in [0.05, 0.1) is 22.6 Å². The lowest BCUT2D eigenvalue weighted by Crippen LogP contribution is -2.41. The van der Waals surface area contributed by atoms with Crippen LogP contribution in [0.1, 0.15) is 63.4 Å². The molecular weight excluding hydrogens is 460 g/mol. The molecule has 6 nitrogen and oxygen atoms in total. The third-order valence-electron chi connectivity index (χ3n) is 6.37. The van der Waals surface area contributed by atoms with E-state index >= 15 is 0 Å². The first-order chi connectivity index (χ1) is 16.8. The first-order valence-corrected chi connectivity index (χ1v) is 12.9. The number of benzene rings is 2. The first kappa shape index (κ1) is 26.9. The summed E-state index contributed by atoms with van der Waals surface area (Å²) in [5.74, 6) is 0.693. The molecule has 0 radical (unpaired) electrons. The number of hydrogen-bond donors (Lipinski definition) is 0. The summed E-state index contributed by atoms with van der Waals surface area (Å²) in [4.78, 5) is 36.3. The maximum atomic E-state index is 13.9. The maximum Gasteiger partial charge on any atom is 0.266 e. The maximum absolute atomic E-state index is 13.9. The molecule has 35 heavy (non-hydrogen) atoms. The molecule has 0 saturated heterocycles. The standard InChI is InChI=1S/C28H37ClN4O2/c1-6-8-9-14-26(34)32(18-17-31(4)5)24(7-2)27-30-23-13-11-10-12-22(23)28(35)33(27)25-16-15-21(29)19-20(25)3/h10-13,15-16,19,24H,6-9,14,17-18H2,1-5H3. The summed E-state index contributed by atoms with van der Waals surface area (Å²) in [6, 6.07) is 12.6. The van der Waals surface area contributed by atoms with Gasteiger partial charge in [-0.05, 0) is 69.8 Å². The highest BCUT2D eigenvalue weighted by Gasteiger charge is 2.29. The van der Waals surface area contributed by atoms with Gasteiger partial charge in [-0.2, -0.15) is 0 Å². The summed E-state index contributed by atoms with van der Waals surface area (Å²) in [6.45, 7) is 7.42. The lowest BCUT2D eigenvalue weighted by atomic mass is 10.1. The minimum atomic E-state index is -0.337. The van der Waals surface area contributed by atoms with E-state index in [1.165, 1.54) is 0 Å². The number of amides is 1. The Morgan fingerprint density at radius 2 is 1.83 bits per heavy atom. The van der Waals surface area contributed by atoms with Crippen molar-refractivity contribution in [3.8, 4) is 5.69 Å². The number of halogens is 1. The molecule has 0 fully saturated rings. The highest BCUT2D eigenvalue weighted by atomic mass is 35.5. The van der Waals surface area contributed by atoms with E-state index in [1.54, 1.807) is 16.7 Å². The molecule has 0 N–H and O–H groups in total. The Kier molecular flexibility index (Phi) is 9.47. The third kappa shape index (κ3) is 6.30. The Morgan fingerprint density at radius 3 is 2.49 bits per heavy atom. The van der Waals surface area contributed by atoms with Crippen molar-refractivity contribution >= 4 is 28.4 Å². The monoisotopic (exact) mass is 496 g/mol. The summed E-state index contributed by atoms with van der Waals surface area (Å²) in [7, 11) is 4.00. The van der Waals surface area contributed by atoms with Crippen molar-refractivity contribution in [3.05, 3.63) is 69.2 Å². The molecular formula is C28H37ClN4O2. The van der Waals surface area contributed by atoms with E-state index in [-0.39, 0.29) is 17.5 Å². The minimum Gasteiger partial charge on any atom is -0.331 e. The van der Waals surface area contributed by atoms with Crippen LogP contribution in [0.3, 0.4) is 0 Å². The van der Waals surface area contributed by atoms with Crippen LogP contribution in [0.5, 0.6) is 0 Å². The molecule has 188 valence electrons. The summed E-state index contributed by atoms with van der Waals surface area (Å²) in [6.07, 6.45) is 4.08. The molecule has 0 spiro atoms. The molecule has 3 aromatic rings. The van der Waals surface area contributed by atoms with Crippen LogP contribution >= 0.6 is 11.6 Å². The van der Waals surface area contributed by atoms with Crippen LogP contribution in [0.2, 0.25) is 5.02 Å². The number of fused-ring (bicyclic) bond motifs is 1. The fraction of sp³-hybridized carbons (Fsp3) is 0.464. The van der Waals surface area contributed by atoms with Gasteiger partial charge in [0, 0.05) is 24.5 Å². The van der Waals surface area contributed by atoms with Crippen LogP contribution in [0, 0.1) is 6.92 Å². The molecule has 0 aliphatic carbocycles. The average Bonchev–Trinajstić information content (AvgIpc) is 2.82. The summed E-state index contributed by atoms with van der Waals surface area (Å²) in [5, 5.41) is 1.16. The molecule has 0 bridgehead atoms. The van der Waals surface area contributed by atoms with Crippen molar-refractivity contribution in [3.63, 3.8) is 0 Å². The van der Waals surface area contributed by atoms with E-state index in [9.17, 15) is 9.59 Å². The van der Waals surface area contributed by atoms with Crippen LogP contribution in [0.15, 0.2) is 47.3 Å². The zero-order valence-corrected chi connectivity index (χ0v) is 22.3. The average molecular weight is 497 g/mol. The second-order valence-corrected chi connectivity index (χ2v) is 9.77. The molecule has 0 aliphatic heterocycles. The number of carbonyl (C=O) groups excluding carboxylic acids is 1. The van der Waals surface area contributed by atoms with Crippen molar-refractivity contribution in [2.75, 3.05) is 27.2 Å². The lowest BCUT2D eigenvalue weighted by Gasteiger charge is -2.33. The molecule has 0 aliphatic rings. The quantitative estimate of drug-likeness (QED) is 0.316. The number of likely N-dealkylation sites (N-methyl/N-ethyl adjacent to an activating group) is 1. The Morgan fingerprint density at radius 1 is 1.09 bits per heavy atom. The summed E-state index contributed by atoms with van der Waals surface area (Å²) in [5.41, 5.74) is 2.11. The molecule has 7 heteroatoms. The van der Waals surface area contributed by atoms with Gasteiger partial charge in [-0.3, -0.25) is 14.2 Å². The van der Waals surface area contributed by atoms with Crippen LogP contribution in [-0.4, -0.2) is 52.4 Å². The lowest BCUT2D eigenvalue weighted by molar-refractivity contribution is -0.134. The Balaban J connectivity index is 2.22. The van der Waals surface area contributed by atoms with Gasteiger partial charge in [0.15, 0.2) is 0 Å². The van der Waals surface area contributed by atoms with Gasteiger partial charge in [-0.1, -0.05) is 50.4 Å². The summed E-state index contributed by atoms with van der Waals surface area (Å²) < 4.78 is 1.68. The predicted molar refractivity (Wildman–Crippen MR) is 145 cm³/mol. The zero-order valence-electron chi connectivity index (χ0n) is 21.6. The number of rotatable bonds is 11. The first-order valence-electron chi connectivity index (χ1n) is 12.5. The van der Waals surface area contributed by atoms with Gasteiger partial charge in [0.25, 0.3) is 5.56 Å². The van der Waals surface area contributed by atoms with Gasteiger partial charge in [-0.25, -0.2) is 4.98 Å². The van der Waals surface area contributed by atoms with Crippen LogP contribution in [0.25, 0.3) is 16.6 Å². The van der Waals surface area contributed by atoms with Gasteiger partial charge in [0.1, 0.15) is 5.82 Å². The van der Waals surface area contributed by atoms with Crippen LogP contribution < -0.4 is 5.56 Å². The number of hydrogen-bond acceptors (Lipinski definition) is 4. The molecule has 1 atom stereocenters. The van der Waals surface area contributed by atoms with Crippen molar-refractivity contribution < 1.29 is 4.79 Å². The second-order valence-electron chi connectivity index (χ2n) is 9.33. The minimum absolute atomic E-state index is 0.105. The summed E-state index contributed by atoms with van der Waals surface area (Å²) >= 11 is 6.23. The zero-order chi connectivity index (χ0) is 25.5. The molecule has 1 amide bonds. The van der Waals surface area contributed by atoms with Crippen molar-refractivity contribution in [2.24, 2.45) is 0 Å². The molecule has 0 saturated carbocycles. The normalized spacial score (nSPS) is 12.3. The molecule has 1 heterocycles. The molecule has 3 rings (SSSR count). The van der Waals surface area contributed by atoms with Crippen molar-refractivity contribution in [2.45, 2.75) is 58.9 Å². The SMILES string of the molecule is CCCCCC(=O)N(CCN(C)C)C(CC)c1nc2ccccc2c(=O)n1-c1ccc(Cl)cc1C. The second kappa shape index (κ2) is 12.3. The Hall–Kier alpha value is -2.70.